The van der Waals surface area contributed by atoms with E-state index in [1.165, 1.54) is 33.0 Å². The lowest BCUT2D eigenvalue weighted by molar-refractivity contribution is 0.316. The molecule has 0 bridgehead atoms. The summed E-state index contributed by atoms with van der Waals surface area (Å²) in [5.74, 6) is 0. The molecule has 3 heteroatoms. The lowest BCUT2D eigenvalue weighted by Crippen LogP contribution is -1.89. The van der Waals surface area contributed by atoms with Crippen LogP contribution in [0.4, 0.5) is 0 Å². The van der Waals surface area contributed by atoms with E-state index >= 15 is 0 Å². The standard InChI is InChI=1S/C18H16N2O/c1-9-5-13-14-6-10(2)12(4)8-16(14)18-17(19-21-20-18)15(13)7-11(9)3/h5-8H,1-4H3. The SMILES string of the molecule is Cc1cc2c3cc(C)c(C)cc3c3nonc3c2cc1C. The molecule has 0 unspecified atom stereocenters. The summed E-state index contributed by atoms with van der Waals surface area (Å²) in [7, 11) is 0. The van der Waals surface area contributed by atoms with Crippen LogP contribution >= 0.6 is 0 Å². The quantitative estimate of drug-likeness (QED) is 0.434. The second-order valence-electron chi connectivity index (χ2n) is 5.93. The average Bonchev–Trinajstić information content (AvgIpc) is 2.93. The maximum absolute atomic E-state index is 5.02. The molecule has 0 atom stereocenters. The van der Waals surface area contributed by atoms with E-state index < -0.39 is 0 Å². The van der Waals surface area contributed by atoms with Crippen LogP contribution in [0.25, 0.3) is 32.6 Å². The van der Waals surface area contributed by atoms with E-state index in [2.05, 4.69) is 62.3 Å². The van der Waals surface area contributed by atoms with Crippen molar-refractivity contribution in [3.8, 4) is 0 Å². The lowest BCUT2D eigenvalue weighted by atomic mass is 9.93. The van der Waals surface area contributed by atoms with Gasteiger partial charge >= 0.3 is 0 Å². The van der Waals surface area contributed by atoms with Crippen molar-refractivity contribution < 1.29 is 4.63 Å². The van der Waals surface area contributed by atoms with Crippen molar-refractivity contribution in [1.29, 1.82) is 0 Å². The number of rotatable bonds is 0. The van der Waals surface area contributed by atoms with Crippen LogP contribution in [0.15, 0.2) is 28.9 Å². The van der Waals surface area contributed by atoms with Crippen molar-refractivity contribution in [2.75, 3.05) is 0 Å². The number of hydrogen-bond donors (Lipinski definition) is 0. The zero-order valence-corrected chi connectivity index (χ0v) is 12.6. The highest BCUT2D eigenvalue weighted by Gasteiger charge is 2.14. The van der Waals surface area contributed by atoms with E-state index in [0.29, 0.717) is 0 Å². The van der Waals surface area contributed by atoms with E-state index in [0.717, 1.165) is 21.8 Å². The Kier molecular flexibility index (Phi) is 2.37. The maximum Gasteiger partial charge on any atom is 0.143 e. The summed E-state index contributed by atoms with van der Waals surface area (Å²) in [6.07, 6.45) is 0. The number of fused-ring (bicyclic) bond motifs is 6. The highest BCUT2D eigenvalue weighted by atomic mass is 16.6. The predicted molar refractivity (Wildman–Crippen MR) is 85.8 cm³/mol. The molecular formula is C18H16N2O. The normalized spacial score (nSPS) is 11.8. The molecule has 0 N–H and O–H groups in total. The van der Waals surface area contributed by atoms with Crippen molar-refractivity contribution >= 4 is 32.6 Å². The van der Waals surface area contributed by atoms with Crippen LogP contribution in [0.5, 0.6) is 0 Å². The van der Waals surface area contributed by atoms with Crippen LogP contribution in [0, 0.1) is 27.7 Å². The molecule has 21 heavy (non-hydrogen) atoms. The molecule has 4 aromatic rings. The van der Waals surface area contributed by atoms with Crippen LogP contribution < -0.4 is 0 Å². The van der Waals surface area contributed by atoms with Gasteiger partial charge in [0.05, 0.1) is 0 Å². The Morgan fingerprint density at radius 2 is 0.905 bits per heavy atom. The molecular weight excluding hydrogens is 260 g/mol. The van der Waals surface area contributed by atoms with Crippen LogP contribution in [0.1, 0.15) is 22.3 Å². The van der Waals surface area contributed by atoms with Gasteiger partial charge < -0.3 is 0 Å². The van der Waals surface area contributed by atoms with Gasteiger partial charge in [-0.05, 0) is 83.2 Å². The van der Waals surface area contributed by atoms with Crippen molar-refractivity contribution in [3.05, 3.63) is 46.5 Å². The molecule has 3 aromatic carbocycles. The van der Waals surface area contributed by atoms with Gasteiger partial charge in [-0.2, -0.15) is 0 Å². The fourth-order valence-corrected chi connectivity index (χ4v) is 3.01. The van der Waals surface area contributed by atoms with Crippen LogP contribution in [0.3, 0.4) is 0 Å². The van der Waals surface area contributed by atoms with Gasteiger partial charge in [-0.25, -0.2) is 4.63 Å². The summed E-state index contributed by atoms with van der Waals surface area (Å²) in [6.45, 7) is 8.54. The molecule has 0 amide bonds. The fourth-order valence-electron chi connectivity index (χ4n) is 3.01. The fraction of sp³-hybridized carbons (Fsp3) is 0.222. The van der Waals surface area contributed by atoms with Gasteiger partial charge in [0.25, 0.3) is 0 Å². The molecule has 0 aliphatic rings. The Bertz CT molecular complexity index is 946. The number of hydrogen-bond acceptors (Lipinski definition) is 3. The maximum atomic E-state index is 5.02. The van der Waals surface area contributed by atoms with Gasteiger partial charge in [0.2, 0.25) is 0 Å². The predicted octanol–water partition coefficient (Wildman–Crippen LogP) is 4.76. The molecule has 0 radical (unpaired) electrons. The first-order chi connectivity index (χ1) is 10.1. The second kappa shape index (κ2) is 4.04. The Morgan fingerprint density at radius 3 is 1.29 bits per heavy atom. The van der Waals surface area contributed by atoms with Gasteiger partial charge in [-0.3, -0.25) is 0 Å². The zero-order chi connectivity index (χ0) is 14.7. The van der Waals surface area contributed by atoms with Gasteiger partial charge in [0.1, 0.15) is 11.0 Å². The van der Waals surface area contributed by atoms with Crippen molar-refractivity contribution in [3.63, 3.8) is 0 Å². The highest BCUT2D eigenvalue weighted by Crippen LogP contribution is 2.35. The summed E-state index contributed by atoms with van der Waals surface area (Å²) < 4.78 is 5.02. The van der Waals surface area contributed by atoms with Crippen molar-refractivity contribution in [1.82, 2.24) is 10.3 Å². The van der Waals surface area contributed by atoms with Gasteiger partial charge in [-0.1, -0.05) is 12.1 Å². The van der Waals surface area contributed by atoms with E-state index in [4.69, 9.17) is 4.63 Å². The third-order valence-corrected chi connectivity index (χ3v) is 4.56. The Balaban J connectivity index is 2.39. The molecule has 0 fully saturated rings. The smallest absolute Gasteiger partial charge is 0.143 e. The molecule has 0 aliphatic carbocycles. The van der Waals surface area contributed by atoms with Crippen LogP contribution in [0.2, 0.25) is 0 Å². The average molecular weight is 276 g/mol. The first-order valence-corrected chi connectivity index (χ1v) is 7.12. The number of nitrogens with zero attached hydrogens (tertiary/aromatic N) is 2. The summed E-state index contributed by atoms with van der Waals surface area (Å²) in [6, 6.07) is 8.86. The summed E-state index contributed by atoms with van der Waals surface area (Å²) in [5, 5.41) is 12.9. The summed E-state index contributed by atoms with van der Waals surface area (Å²) in [4.78, 5) is 0. The van der Waals surface area contributed by atoms with Crippen LogP contribution in [-0.4, -0.2) is 10.3 Å². The highest BCUT2D eigenvalue weighted by molar-refractivity contribution is 6.23. The summed E-state index contributed by atoms with van der Waals surface area (Å²) in [5.41, 5.74) is 6.80. The molecule has 0 spiro atoms. The number of aryl methyl sites for hydroxylation is 4. The van der Waals surface area contributed by atoms with E-state index in [1.54, 1.807) is 0 Å². The molecule has 104 valence electrons. The Hall–Kier alpha value is -2.42. The van der Waals surface area contributed by atoms with Gasteiger partial charge in [-0.15, -0.1) is 0 Å². The minimum absolute atomic E-state index is 0.851. The van der Waals surface area contributed by atoms with Crippen molar-refractivity contribution in [2.45, 2.75) is 27.7 Å². The molecule has 1 heterocycles. The third kappa shape index (κ3) is 1.60. The monoisotopic (exact) mass is 276 g/mol. The lowest BCUT2D eigenvalue weighted by Gasteiger charge is -2.10. The minimum Gasteiger partial charge on any atom is -0.243 e. The minimum atomic E-state index is 0.851. The van der Waals surface area contributed by atoms with Crippen LogP contribution in [-0.2, 0) is 0 Å². The second-order valence-corrected chi connectivity index (χ2v) is 5.93. The van der Waals surface area contributed by atoms with Gasteiger partial charge in [0.15, 0.2) is 0 Å². The van der Waals surface area contributed by atoms with E-state index in [-0.39, 0.29) is 0 Å². The number of benzene rings is 3. The number of aromatic nitrogens is 2. The Labute approximate surface area is 122 Å². The first kappa shape index (κ1) is 12.3. The van der Waals surface area contributed by atoms with Crippen molar-refractivity contribution in [2.24, 2.45) is 0 Å². The molecule has 0 aliphatic heterocycles. The van der Waals surface area contributed by atoms with E-state index in [9.17, 15) is 0 Å². The third-order valence-electron chi connectivity index (χ3n) is 4.56. The molecule has 0 saturated carbocycles. The molecule has 4 rings (SSSR count). The first-order valence-electron chi connectivity index (χ1n) is 7.12. The molecule has 0 saturated heterocycles. The molecule has 1 aromatic heterocycles. The largest absolute Gasteiger partial charge is 0.243 e. The Morgan fingerprint density at radius 1 is 0.571 bits per heavy atom. The zero-order valence-electron chi connectivity index (χ0n) is 12.6. The van der Waals surface area contributed by atoms with Gasteiger partial charge in [0, 0.05) is 10.8 Å². The topological polar surface area (TPSA) is 38.9 Å². The van der Waals surface area contributed by atoms with E-state index in [1.807, 2.05) is 0 Å². The summed E-state index contributed by atoms with van der Waals surface area (Å²) >= 11 is 0. The molecule has 3 nitrogen and oxygen atoms in total.